The van der Waals surface area contributed by atoms with Gasteiger partial charge in [0.1, 0.15) is 5.82 Å². The second-order valence-corrected chi connectivity index (χ2v) is 6.06. The van der Waals surface area contributed by atoms with Gasteiger partial charge in [0, 0.05) is 50.0 Å². The van der Waals surface area contributed by atoms with Gasteiger partial charge in [-0.15, -0.1) is 0 Å². The Kier molecular flexibility index (Phi) is 4.22. The van der Waals surface area contributed by atoms with E-state index in [1.165, 1.54) is 24.2 Å². The molecule has 4 heteroatoms. The molecular weight excluding hydrogens is 248 g/mol. The van der Waals surface area contributed by atoms with E-state index < -0.39 is 0 Å². The molecule has 1 aliphatic heterocycles. The quantitative estimate of drug-likeness (QED) is 0.888. The second kappa shape index (κ2) is 6.10. The first kappa shape index (κ1) is 13.8. The lowest BCUT2D eigenvalue weighted by atomic mass is 10.1. The summed E-state index contributed by atoms with van der Waals surface area (Å²) in [4.78, 5) is 9.66. The molecule has 0 bridgehead atoms. The van der Waals surface area contributed by atoms with Gasteiger partial charge in [0.25, 0.3) is 0 Å². The molecule has 1 saturated carbocycles. The predicted molar refractivity (Wildman–Crippen MR) is 83.0 cm³/mol. The van der Waals surface area contributed by atoms with Crippen LogP contribution in [0.4, 0.5) is 5.82 Å². The van der Waals surface area contributed by atoms with Crippen LogP contribution in [0.25, 0.3) is 0 Å². The molecular formula is C16H26N4. The van der Waals surface area contributed by atoms with Crippen LogP contribution in [-0.2, 0) is 6.54 Å². The van der Waals surface area contributed by atoms with Gasteiger partial charge in [-0.05, 0) is 32.4 Å². The van der Waals surface area contributed by atoms with Crippen molar-refractivity contribution in [2.45, 2.75) is 45.3 Å². The zero-order valence-corrected chi connectivity index (χ0v) is 12.7. The van der Waals surface area contributed by atoms with E-state index in [0.717, 1.165) is 38.8 Å². The van der Waals surface area contributed by atoms with E-state index in [1.807, 2.05) is 6.20 Å². The summed E-state index contributed by atoms with van der Waals surface area (Å²) in [6, 6.07) is 5.63. The molecule has 0 spiro atoms. The van der Waals surface area contributed by atoms with Crippen LogP contribution >= 0.6 is 0 Å². The Balaban J connectivity index is 1.69. The van der Waals surface area contributed by atoms with E-state index in [-0.39, 0.29) is 0 Å². The SMILES string of the molecule is CCN1CCN(c2ncccc2CNC2CC2)CC1C. The first-order chi connectivity index (χ1) is 9.78. The largest absolute Gasteiger partial charge is 0.354 e. The van der Waals surface area contributed by atoms with Crippen LogP contribution in [0.15, 0.2) is 18.3 Å². The van der Waals surface area contributed by atoms with Gasteiger partial charge in [-0.1, -0.05) is 13.0 Å². The van der Waals surface area contributed by atoms with Crippen LogP contribution in [0.5, 0.6) is 0 Å². The fourth-order valence-corrected chi connectivity index (χ4v) is 3.05. The molecule has 4 nitrogen and oxygen atoms in total. The van der Waals surface area contributed by atoms with Gasteiger partial charge in [0.05, 0.1) is 0 Å². The highest BCUT2D eigenvalue weighted by molar-refractivity contribution is 5.47. The van der Waals surface area contributed by atoms with E-state index in [2.05, 4.69) is 46.1 Å². The molecule has 110 valence electrons. The van der Waals surface area contributed by atoms with Crippen molar-refractivity contribution in [2.75, 3.05) is 31.1 Å². The molecule has 2 aliphatic rings. The van der Waals surface area contributed by atoms with Crippen molar-refractivity contribution in [1.29, 1.82) is 0 Å². The lowest BCUT2D eigenvalue weighted by Gasteiger charge is -2.40. The van der Waals surface area contributed by atoms with Crippen molar-refractivity contribution in [1.82, 2.24) is 15.2 Å². The molecule has 0 amide bonds. The van der Waals surface area contributed by atoms with Crippen molar-refractivity contribution in [3.63, 3.8) is 0 Å². The van der Waals surface area contributed by atoms with Gasteiger partial charge in [-0.2, -0.15) is 0 Å². The molecule has 1 N–H and O–H groups in total. The first-order valence-electron chi connectivity index (χ1n) is 7.94. The Hall–Kier alpha value is -1.13. The van der Waals surface area contributed by atoms with Crippen molar-refractivity contribution in [2.24, 2.45) is 0 Å². The number of aromatic nitrogens is 1. The first-order valence-corrected chi connectivity index (χ1v) is 7.94. The standard InChI is InChI=1S/C16H26N4/c1-3-19-9-10-20(12-13(19)2)16-14(5-4-8-17-16)11-18-15-6-7-15/h4-5,8,13,15,18H,3,6-7,9-12H2,1-2H3. The summed E-state index contributed by atoms with van der Waals surface area (Å²) in [7, 11) is 0. The van der Waals surface area contributed by atoms with E-state index in [4.69, 9.17) is 0 Å². The summed E-state index contributed by atoms with van der Waals surface area (Å²) in [5, 5.41) is 3.61. The van der Waals surface area contributed by atoms with Crippen molar-refractivity contribution >= 4 is 5.82 Å². The van der Waals surface area contributed by atoms with Crippen LogP contribution in [0.2, 0.25) is 0 Å². The molecule has 1 aliphatic carbocycles. The smallest absolute Gasteiger partial charge is 0.133 e. The highest BCUT2D eigenvalue weighted by Crippen LogP contribution is 2.23. The number of nitrogens with zero attached hydrogens (tertiary/aromatic N) is 3. The Labute approximate surface area is 122 Å². The number of anilines is 1. The summed E-state index contributed by atoms with van der Waals surface area (Å²) in [6.45, 7) is 9.98. The normalized spacial score (nSPS) is 24.1. The number of likely N-dealkylation sites (N-methyl/N-ethyl adjacent to an activating group) is 1. The van der Waals surface area contributed by atoms with Crippen molar-refractivity contribution in [3.8, 4) is 0 Å². The van der Waals surface area contributed by atoms with Crippen molar-refractivity contribution < 1.29 is 0 Å². The second-order valence-electron chi connectivity index (χ2n) is 6.06. The maximum atomic E-state index is 4.65. The molecule has 1 unspecified atom stereocenters. The van der Waals surface area contributed by atoms with Gasteiger partial charge < -0.3 is 10.2 Å². The van der Waals surface area contributed by atoms with Gasteiger partial charge >= 0.3 is 0 Å². The lowest BCUT2D eigenvalue weighted by Crippen LogP contribution is -2.52. The minimum Gasteiger partial charge on any atom is -0.354 e. The fraction of sp³-hybridized carbons (Fsp3) is 0.688. The average Bonchev–Trinajstić information content (AvgIpc) is 3.29. The Morgan fingerprint density at radius 1 is 1.35 bits per heavy atom. The lowest BCUT2D eigenvalue weighted by molar-refractivity contribution is 0.199. The van der Waals surface area contributed by atoms with Gasteiger partial charge in [0.15, 0.2) is 0 Å². The van der Waals surface area contributed by atoms with E-state index in [0.29, 0.717) is 6.04 Å². The zero-order valence-electron chi connectivity index (χ0n) is 12.7. The van der Waals surface area contributed by atoms with Gasteiger partial charge in [-0.25, -0.2) is 4.98 Å². The van der Waals surface area contributed by atoms with Crippen LogP contribution in [0, 0.1) is 0 Å². The summed E-state index contributed by atoms with van der Waals surface area (Å²) < 4.78 is 0. The number of piperazine rings is 1. The molecule has 1 saturated heterocycles. The highest BCUT2D eigenvalue weighted by Gasteiger charge is 2.25. The van der Waals surface area contributed by atoms with E-state index in [1.54, 1.807) is 0 Å². The van der Waals surface area contributed by atoms with Crippen LogP contribution in [0.1, 0.15) is 32.3 Å². The third-order valence-electron chi connectivity index (χ3n) is 4.50. The maximum Gasteiger partial charge on any atom is 0.133 e. The molecule has 1 aromatic rings. The molecule has 1 aromatic heterocycles. The Bertz CT molecular complexity index is 444. The van der Waals surface area contributed by atoms with Gasteiger partial charge in [-0.3, -0.25) is 4.90 Å². The molecule has 0 aromatic carbocycles. The van der Waals surface area contributed by atoms with Crippen LogP contribution < -0.4 is 10.2 Å². The molecule has 20 heavy (non-hydrogen) atoms. The minimum absolute atomic E-state index is 0.611. The highest BCUT2D eigenvalue weighted by atomic mass is 15.3. The third kappa shape index (κ3) is 3.13. The van der Waals surface area contributed by atoms with Crippen molar-refractivity contribution in [3.05, 3.63) is 23.9 Å². The summed E-state index contributed by atoms with van der Waals surface area (Å²) in [5.41, 5.74) is 1.34. The number of rotatable bonds is 5. The minimum atomic E-state index is 0.611. The van der Waals surface area contributed by atoms with E-state index >= 15 is 0 Å². The fourth-order valence-electron chi connectivity index (χ4n) is 3.05. The Morgan fingerprint density at radius 3 is 2.90 bits per heavy atom. The molecule has 3 rings (SSSR count). The topological polar surface area (TPSA) is 31.4 Å². The molecule has 0 radical (unpaired) electrons. The number of hydrogen-bond donors (Lipinski definition) is 1. The predicted octanol–water partition coefficient (Wildman–Crippen LogP) is 1.86. The molecule has 2 heterocycles. The average molecular weight is 274 g/mol. The number of nitrogens with one attached hydrogen (secondary N) is 1. The third-order valence-corrected chi connectivity index (χ3v) is 4.50. The van der Waals surface area contributed by atoms with Crippen LogP contribution in [0.3, 0.4) is 0 Å². The summed E-state index contributed by atoms with van der Waals surface area (Å²) in [5.74, 6) is 1.18. The summed E-state index contributed by atoms with van der Waals surface area (Å²) in [6.07, 6.45) is 4.59. The number of hydrogen-bond acceptors (Lipinski definition) is 4. The zero-order chi connectivity index (χ0) is 13.9. The number of pyridine rings is 1. The van der Waals surface area contributed by atoms with Crippen LogP contribution in [-0.4, -0.2) is 48.1 Å². The van der Waals surface area contributed by atoms with E-state index in [9.17, 15) is 0 Å². The monoisotopic (exact) mass is 274 g/mol. The summed E-state index contributed by atoms with van der Waals surface area (Å²) >= 11 is 0. The molecule has 1 atom stereocenters. The maximum absolute atomic E-state index is 4.65. The van der Waals surface area contributed by atoms with Gasteiger partial charge in [0.2, 0.25) is 0 Å². The molecule has 2 fully saturated rings. The Morgan fingerprint density at radius 2 is 2.20 bits per heavy atom.